The van der Waals surface area contributed by atoms with Crippen LogP contribution in [0.5, 0.6) is 0 Å². The highest BCUT2D eigenvalue weighted by Gasteiger charge is 1.86. The monoisotopic (exact) mass is 113 g/mol. The van der Waals surface area contributed by atoms with E-state index in [1.54, 1.807) is 17.2 Å². The number of aliphatic hydroxyl groups is 1. The summed E-state index contributed by atoms with van der Waals surface area (Å²) in [6.45, 7) is 7.63. The number of hydrogen-bond acceptors (Lipinski definition) is 2. The molecule has 0 aliphatic heterocycles. The minimum absolute atomic E-state index is 0.00944. The van der Waals surface area contributed by atoms with Gasteiger partial charge in [-0.25, -0.2) is 0 Å². The van der Waals surface area contributed by atoms with Gasteiger partial charge in [0.1, 0.15) is 6.73 Å². The minimum Gasteiger partial charge on any atom is -0.376 e. The summed E-state index contributed by atoms with van der Waals surface area (Å²) in [5.41, 5.74) is 0. The summed E-state index contributed by atoms with van der Waals surface area (Å²) in [7, 11) is 0. The summed E-state index contributed by atoms with van der Waals surface area (Å²) in [5, 5.41) is 8.46. The molecule has 0 aromatic carbocycles. The van der Waals surface area contributed by atoms with E-state index in [0.29, 0.717) is 6.54 Å². The lowest BCUT2D eigenvalue weighted by Gasteiger charge is -2.12. The van der Waals surface area contributed by atoms with Crippen LogP contribution in [0, 0.1) is 0 Å². The third kappa shape index (κ3) is 2.42. The van der Waals surface area contributed by atoms with E-state index in [1.807, 2.05) is 0 Å². The van der Waals surface area contributed by atoms with Crippen LogP contribution >= 0.6 is 0 Å². The number of rotatable bonds is 4. The summed E-state index contributed by atoms with van der Waals surface area (Å²) < 4.78 is 0. The smallest absolute Gasteiger partial charge is 0.115 e. The Morgan fingerprint density at radius 1 is 1.50 bits per heavy atom. The largest absolute Gasteiger partial charge is 0.376 e. The Kier molecular flexibility index (Phi) is 3.98. The molecule has 0 fully saturated rings. The zero-order valence-corrected chi connectivity index (χ0v) is 4.88. The molecule has 0 rings (SSSR count). The Hall–Kier alpha value is -0.760. The Morgan fingerprint density at radius 2 is 2.12 bits per heavy atom. The molecule has 0 spiro atoms. The van der Waals surface area contributed by atoms with E-state index in [9.17, 15) is 0 Å². The number of hydrogen-bond donors (Lipinski definition) is 1. The molecule has 0 saturated heterocycles. The van der Waals surface area contributed by atoms with Crippen LogP contribution in [0.4, 0.5) is 0 Å². The summed E-state index contributed by atoms with van der Waals surface area (Å²) in [6, 6.07) is 0. The van der Waals surface area contributed by atoms with Crippen molar-refractivity contribution < 1.29 is 5.11 Å². The van der Waals surface area contributed by atoms with Gasteiger partial charge in [0.05, 0.1) is 0 Å². The Labute approximate surface area is 49.7 Å². The summed E-state index contributed by atoms with van der Waals surface area (Å²) in [5.74, 6) is 0. The zero-order chi connectivity index (χ0) is 6.41. The fraction of sp³-hybridized carbons (Fsp3) is 0.333. The molecule has 8 heavy (non-hydrogen) atoms. The van der Waals surface area contributed by atoms with E-state index < -0.39 is 0 Å². The molecule has 0 aliphatic carbocycles. The Balaban J connectivity index is 3.35. The molecule has 0 aromatic rings. The Morgan fingerprint density at radius 3 is 2.25 bits per heavy atom. The fourth-order valence-electron chi connectivity index (χ4n) is 0.356. The van der Waals surface area contributed by atoms with E-state index in [4.69, 9.17) is 5.11 Å². The molecular formula is C6H11NO. The van der Waals surface area contributed by atoms with Crippen molar-refractivity contribution in [3.63, 3.8) is 0 Å². The van der Waals surface area contributed by atoms with Crippen LogP contribution in [0.3, 0.4) is 0 Å². The van der Waals surface area contributed by atoms with Gasteiger partial charge in [-0.05, 0) is 6.20 Å². The quantitative estimate of drug-likeness (QED) is 0.425. The van der Waals surface area contributed by atoms with E-state index in [-0.39, 0.29) is 6.73 Å². The first kappa shape index (κ1) is 7.24. The number of aliphatic hydroxyl groups excluding tert-OH is 1. The lowest BCUT2D eigenvalue weighted by Crippen LogP contribution is -2.16. The third-order valence-electron chi connectivity index (χ3n) is 0.803. The van der Waals surface area contributed by atoms with Gasteiger partial charge >= 0.3 is 0 Å². The van der Waals surface area contributed by atoms with E-state index in [0.717, 1.165) is 0 Å². The summed E-state index contributed by atoms with van der Waals surface area (Å²) in [4.78, 5) is 1.63. The van der Waals surface area contributed by atoms with Crippen molar-refractivity contribution in [1.29, 1.82) is 0 Å². The maximum Gasteiger partial charge on any atom is 0.115 e. The van der Waals surface area contributed by atoms with Crippen molar-refractivity contribution >= 4 is 0 Å². The highest BCUT2D eigenvalue weighted by atomic mass is 16.3. The van der Waals surface area contributed by atoms with Crippen LogP contribution < -0.4 is 0 Å². The van der Waals surface area contributed by atoms with E-state index >= 15 is 0 Å². The first-order chi connectivity index (χ1) is 3.85. The van der Waals surface area contributed by atoms with Crippen molar-refractivity contribution in [3.05, 3.63) is 25.4 Å². The van der Waals surface area contributed by atoms with Gasteiger partial charge in [0, 0.05) is 6.54 Å². The first-order valence-corrected chi connectivity index (χ1v) is 2.43. The molecule has 0 atom stereocenters. The van der Waals surface area contributed by atoms with Gasteiger partial charge < -0.3 is 10.0 Å². The zero-order valence-electron chi connectivity index (χ0n) is 4.88. The van der Waals surface area contributed by atoms with Crippen LogP contribution in [0.25, 0.3) is 0 Å². The Bertz CT molecular complexity index is 80.6. The maximum absolute atomic E-state index is 8.46. The van der Waals surface area contributed by atoms with Crippen LogP contribution in [-0.4, -0.2) is 23.3 Å². The topological polar surface area (TPSA) is 23.5 Å². The van der Waals surface area contributed by atoms with Gasteiger partial charge in [0.25, 0.3) is 0 Å². The average Bonchev–Trinajstić information content (AvgIpc) is 1.83. The highest BCUT2D eigenvalue weighted by molar-refractivity contribution is 4.77. The van der Waals surface area contributed by atoms with Crippen molar-refractivity contribution in [1.82, 2.24) is 4.90 Å². The molecule has 0 unspecified atom stereocenters. The normalized spacial score (nSPS) is 8.12. The highest BCUT2D eigenvalue weighted by Crippen LogP contribution is 1.83. The van der Waals surface area contributed by atoms with Crippen LogP contribution in [0.1, 0.15) is 0 Å². The van der Waals surface area contributed by atoms with Gasteiger partial charge in [0.15, 0.2) is 0 Å². The van der Waals surface area contributed by atoms with Gasteiger partial charge in [-0.3, -0.25) is 0 Å². The lowest BCUT2D eigenvalue weighted by molar-refractivity contribution is 0.163. The third-order valence-corrected chi connectivity index (χ3v) is 0.803. The minimum atomic E-state index is 0.00944. The van der Waals surface area contributed by atoms with Gasteiger partial charge in [-0.1, -0.05) is 12.7 Å². The van der Waals surface area contributed by atoms with E-state index in [2.05, 4.69) is 13.2 Å². The summed E-state index contributed by atoms with van der Waals surface area (Å²) >= 11 is 0. The van der Waals surface area contributed by atoms with E-state index in [1.165, 1.54) is 0 Å². The molecule has 1 N–H and O–H groups in total. The first-order valence-electron chi connectivity index (χ1n) is 2.43. The molecule has 0 saturated carbocycles. The maximum atomic E-state index is 8.46. The summed E-state index contributed by atoms with van der Waals surface area (Å²) in [6.07, 6.45) is 3.28. The molecule has 0 heterocycles. The van der Waals surface area contributed by atoms with Crippen molar-refractivity contribution in [2.24, 2.45) is 0 Å². The molecule has 46 valence electrons. The molecule has 0 radical (unpaired) electrons. The second-order valence-corrected chi connectivity index (χ2v) is 1.38. The standard InChI is InChI=1S/C6H11NO/c1-3-5-7(4-2)6-8/h3-4,8H,1-2,5-6H2. The van der Waals surface area contributed by atoms with Crippen molar-refractivity contribution in [3.8, 4) is 0 Å². The molecule has 2 nitrogen and oxygen atoms in total. The van der Waals surface area contributed by atoms with Crippen molar-refractivity contribution in [2.75, 3.05) is 13.3 Å². The molecule has 0 bridgehead atoms. The predicted molar refractivity (Wildman–Crippen MR) is 34.2 cm³/mol. The predicted octanol–water partition coefficient (Wildman–Crippen LogP) is 0.568. The van der Waals surface area contributed by atoms with Crippen LogP contribution in [0.15, 0.2) is 25.4 Å². The van der Waals surface area contributed by atoms with Crippen LogP contribution in [0.2, 0.25) is 0 Å². The SMILES string of the molecule is C=CCN(C=C)CO. The second kappa shape index (κ2) is 4.40. The molecule has 0 aliphatic rings. The molecular weight excluding hydrogens is 102 g/mol. The fourth-order valence-corrected chi connectivity index (χ4v) is 0.356. The number of nitrogens with zero attached hydrogens (tertiary/aromatic N) is 1. The molecule has 2 heteroatoms. The average molecular weight is 113 g/mol. The van der Waals surface area contributed by atoms with Gasteiger partial charge in [-0.2, -0.15) is 0 Å². The van der Waals surface area contributed by atoms with Crippen LogP contribution in [-0.2, 0) is 0 Å². The van der Waals surface area contributed by atoms with Crippen molar-refractivity contribution in [2.45, 2.75) is 0 Å². The second-order valence-electron chi connectivity index (χ2n) is 1.38. The lowest BCUT2D eigenvalue weighted by atomic mass is 10.6. The molecule has 0 aromatic heterocycles. The van der Waals surface area contributed by atoms with Gasteiger partial charge in [-0.15, -0.1) is 6.58 Å². The van der Waals surface area contributed by atoms with Gasteiger partial charge in [0.2, 0.25) is 0 Å². The molecule has 0 amide bonds.